The van der Waals surface area contributed by atoms with Gasteiger partial charge in [0, 0.05) is 29.8 Å². The van der Waals surface area contributed by atoms with Crippen molar-refractivity contribution in [2.24, 2.45) is 4.99 Å². The van der Waals surface area contributed by atoms with Crippen molar-refractivity contribution in [3.05, 3.63) is 83.7 Å². The highest BCUT2D eigenvalue weighted by molar-refractivity contribution is 7.86. The minimum atomic E-state index is -4.44. The highest BCUT2D eigenvalue weighted by Gasteiger charge is 2.42. The Labute approximate surface area is 264 Å². The lowest BCUT2D eigenvalue weighted by Crippen LogP contribution is -2.35. The fraction of sp³-hybridized carbons (Fsp3) is 0.400. The van der Waals surface area contributed by atoms with Crippen molar-refractivity contribution >= 4 is 47.6 Å². The predicted octanol–water partition coefficient (Wildman–Crippen LogP) is 3.93. The summed E-state index contributed by atoms with van der Waals surface area (Å²) in [6, 6.07) is 8.14. The number of hydrogen-bond acceptors (Lipinski definition) is 8. The molecule has 0 radical (unpaired) electrons. The van der Waals surface area contributed by atoms with E-state index in [1.807, 2.05) is 85.9 Å². The van der Waals surface area contributed by atoms with Crippen LogP contribution in [0.2, 0.25) is 0 Å². The summed E-state index contributed by atoms with van der Waals surface area (Å²) in [7, 11) is -12.7. The van der Waals surface area contributed by atoms with E-state index in [1.54, 1.807) is 6.07 Å². The molecule has 1 aromatic carbocycles. The second kappa shape index (κ2) is 12.5. The van der Waals surface area contributed by atoms with Crippen LogP contribution in [-0.2, 0) is 47.7 Å². The van der Waals surface area contributed by atoms with Gasteiger partial charge in [-0.1, -0.05) is 32.1 Å². The number of aryl methyl sites for hydroxylation is 1. The van der Waals surface area contributed by atoms with Gasteiger partial charge in [0.15, 0.2) is 5.71 Å². The topological polar surface area (TPSA) is 183 Å². The highest BCUT2D eigenvalue weighted by atomic mass is 32.2. The van der Waals surface area contributed by atoms with Crippen molar-refractivity contribution in [3.63, 3.8) is 0 Å². The monoisotopic (exact) mass is 680 g/mol. The number of nitrogens with zero attached hydrogens (tertiary/aromatic N) is 3. The van der Waals surface area contributed by atoms with E-state index in [4.69, 9.17) is 9.55 Å². The SMILES string of the molecule is CC1(C)C(=CC=CC=CC2=Nc3c(ccc[n+]3CCCS(=O)(=O)O)C2(C)C)N(CCCS(=O)(=O)O)c2ccc(S(=O)(=O)O)cc21. The first-order valence-electron chi connectivity index (χ1n) is 14.2. The van der Waals surface area contributed by atoms with Crippen molar-refractivity contribution in [2.45, 2.75) is 62.8 Å². The summed E-state index contributed by atoms with van der Waals surface area (Å²) >= 11 is 0. The molecule has 3 N–H and O–H groups in total. The first-order chi connectivity index (χ1) is 20.7. The summed E-state index contributed by atoms with van der Waals surface area (Å²) in [5.41, 5.74) is 2.73. The van der Waals surface area contributed by atoms with Gasteiger partial charge in [0.1, 0.15) is 0 Å². The molecule has 1 aromatic heterocycles. The standard InChI is InChI=1S/C30H37N3O9S3/c1-29(2)23-11-8-16-32(17-9-19-43(34,35)36)28(23)31-26(29)12-6-5-7-13-27-30(3,4)24-21-22(45(40,41)42)14-15-25(24)33(27)18-10-20-44(37,38)39/h5-8,11-16,21H,9-10,17-20H2,1-4H3,(H2-,34,35,36,37,38,39,40,41,42)/p+1. The van der Waals surface area contributed by atoms with Crippen molar-refractivity contribution < 1.29 is 43.5 Å². The van der Waals surface area contributed by atoms with E-state index < -0.39 is 46.9 Å². The third kappa shape index (κ3) is 7.96. The summed E-state index contributed by atoms with van der Waals surface area (Å²) in [5, 5.41) is 0. The Morgan fingerprint density at radius 3 is 2.16 bits per heavy atom. The molecule has 244 valence electrons. The predicted molar refractivity (Wildman–Crippen MR) is 172 cm³/mol. The summed E-state index contributed by atoms with van der Waals surface area (Å²) in [5.74, 6) is -0.0562. The molecule has 2 aliphatic heterocycles. The number of pyridine rings is 1. The molecule has 0 spiro atoms. The third-order valence-electron chi connectivity index (χ3n) is 8.06. The molecule has 12 nitrogen and oxygen atoms in total. The fourth-order valence-electron chi connectivity index (χ4n) is 5.71. The number of anilines is 1. The van der Waals surface area contributed by atoms with Gasteiger partial charge in [0.2, 0.25) is 0 Å². The molecule has 0 aliphatic carbocycles. The first kappa shape index (κ1) is 34.7. The molecule has 0 atom stereocenters. The van der Waals surface area contributed by atoms with E-state index in [-0.39, 0.29) is 30.0 Å². The zero-order valence-electron chi connectivity index (χ0n) is 25.5. The van der Waals surface area contributed by atoms with E-state index in [9.17, 15) is 34.4 Å². The first-order valence-corrected chi connectivity index (χ1v) is 18.9. The van der Waals surface area contributed by atoms with Gasteiger partial charge in [-0.3, -0.25) is 13.7 Å². The Bertz CT molecular complexity index is 1940. The number of hydrogen-bond donors (Lipinski definition) is 3. The van der Waals surface area contributed by atoms with Crippen molar-refractivity contribution in [2.75, 3.05) is 23.0 Å². The summed E-state index contributed by atoms with van der Waals surface area (Å²) < 4.78 is 98.4. The van der Waals surface area contributed by atoms with Crippen LogP contribution in [0.1, 0.15) is 51.7 Å². The number of aromatic nitrogens is 1. The Kier molecular flexibility index (Phi) is 9.65. The molecule has 0 fully saturated rings. The minimum Gasteiger partial charge on any atom is -0.344 e. The molecule has 0 saturated heterocycles. The van der Waals surface area contributed by atoms with Gasteiger partial charge in [-0.05, 0) is 73.3 Å². The number of allylic oxidation sites excluding steroid dienone is 6. The minimum absolute atomic E-state index is 0.126. The zero-order valence-corrected chi connectivity index (χ0v) is 27.9. The van der Waals surface area contributed by atoms with Gasteiger partial charge in [-0.2, -0.15) is 25.3 Å². The quantitative estimate of drug-likeness (QED) is 0.169. The van der Waals surface area contributed by atoms with E-state index in [0.717, 1.165) is 22.8 Å². The Hall–Kier alpha value is -3.21. The molecule has 2 aromatic rings. The van der Waals surface area contributed by atoms with Crippen molar-refractivity contribution in [1.82, 2.24) is 0 Å². The van der Waals surface area contributed by atoms with Crippen LogP contribution in [0, 0.1) is 0 Å². The molecule has 15 heteroatoms. The van der Waals surface area contributed by atoms with Crippen molar-refractivity contribution in [1.29, 1.82) is 0 Å². The lowest BCUT2D eigenvalue weighted by Gasteiger charge is -2.27. The van der Waals surface area contributed by atoms with Gasteiger partial charge in [-0.15, -0.1) is 0 Å². The van der Waals surface area contributed by atoms with Crippen LogP contribution < -0.4 is 9.47 Å². The molecule has 4 rings (SSSR count). The summed E-state index contributed by atoms with van der Waals surface area (Å²) in [6.07, 6.45) is 11.4. The van der Waals surface area contributed by atoms with E-state index in [2.05, 4.69) is 0 Å². The maximum Gasteiger partial charge on any atom is 0.327 e. The highest BCUT2D eigenvalue weighted by Crippen LogP contribution is 2.48. The van der Waals surface area contributed by atoms with Crippen LogP contribution in [-0.4, -0.2) is 62.7 Å². The van der Waals surface area contributed by atoms with E-state index >= 15 is 0 Å². The molecule has 0 unspecified atom stereocenters. The maximum absolute atomic E-state index is 11.8. The second-order valence-corrected chi connectivity index (χ2v) is 16.6. The van der Waals surface area contributed by atoms with Crippen LogP contribution in [0.5, 0.6) is 0 Å². The molecule has 45 heavy (non-hydrogen) atoms. The van der Waals surface area contributed by atoms with Crippen LogP contribution in [0.15, 0.2) is 82.5 Å². The number of fused-ring (bicyclic) bond motifs is 2. The summed E-state index contributed by atoms with van der Waals surface area (Å²) in [6.45, 7) is 8.49. The average molecular weight is 681 g/mol. The normalized spacial score (nSPS) is 18.6. The molecule has 3 heterocycles. The Morgan fingerprint density at radius 1 is 0.844 bits per heavy atom. The number of aliphatic imine (C=N–C) groups is 1. The van der Waals surface area contributed by atoms with Gasteiger partial charge >= 0.3 is 5.82 Å². The summed E-state index contributed by atoms with van der Waals surface area (Å²) in [4.78, 5) is 6.46. The number of benzene rings is 1. The van der Waals surface area contributed by atoms with Gasteiger partial charge in [0.05, 0.1) is 40.1 Å². The smallest absolute Gasteiger partial charge is 0.327 e. The fourth-order valence-corrected chi connectivity index (χ4v) is 7.20. The molecule has 0 saturated carbocycles. The van der Waals surface area contributed by atoms with Crippen LogP contribution >= 0.6 is 0 Å². The van der Waals surface area contributed by atoms with E-state index in [1.165, 1.54) is 12.1 Å². The Morgan fingerprint density at radius 2 is 1.51 bits per heavy atom. The lowest BCUT2D eigenvalue weighted by atomic mass is 9.82. The maximum atomic E-state index is 11.8. The van der Waals surface area contributed by atoms with Crippen LogP contribution in [0.3, 0.4) is 0 Å². The molecule has 2 aliphatic rings. The van der Waals surface area contributed by atoms with E-state index in [0.29, 0.717) is 17.8 Å². The molecular weight excluding hydrogens is 643 g/mol. The lowest BCUT2D eigenvalue weighted by molar-refractivity contribution is -0.684. The largest absolute Gasteiger partial charge is 0.344 e. The molecule has 0 amide bonds. The second-order valence-electron chi connectivity index (χ2n) is 12.1. The van der Waals surface area contributed by atoms with Gasteiger partial charge in [-0.25, -0.2) is 4.57 Å². The third-order valence-corrected chi connectivity index (χ3v) is 10.5. The molecule has 0 bridgehead atoms. The van der Waals surface area contributed by atoms with Gasteiger partial charge in [0.25, 0.3) is 30.4 Å². The molecular formula is C30H38N3O9S3+. The van der Waals surface area contributed by atoms with Gasteiger partial charge < -0.3 is 4.90 Å². The number of rotatable bonds is 12. The zero-order chi connectivity index (χ0) is 33.4. The Balaban J connectivity index is 1.60. The van der Waals surface area contributed by atoms with Crippen molar-refractivity contribution in [3.8, 4) is 0 Å². The van der Waals surface area contributed by atoms with Crippen LogP contribution in [0.4, 0.5) is 11.5 Å². The van der Waals surface area contributed by atoms with Crippen LogP contribution in [0.25, 0.3) is 0 Å². The average Bonchev–Trinajstić information content (AvgIpc) is 3.28.